The number of halogens is 3. The number of benzene rings is 1. The zero-order chi connectivity index (χ0) is 15.5. The summed E-state index contributed by atoms with van der Waals surface area (Å²) in [4.78, 5) is 10.7. The Morgan fingerprint density at radius 2 is 1.86 bits per heavy atom. The van der Waals surface area contributed by atoms with Crippen molar-refractivity contribution in [1.82, 2.24) is 0 Å². The van der Waals surface area contributed by atoms with Gasteiger partial charge in [-0.05, 0) is 37.1 Å². The Bertz CT molecular complexity index is 486. The summed E-state index contributed by atoms with van der Waals surface area (Å²) in [6.45, 7) is 0.142. The molecule has 2 atom stereocenters. The molecule has 116 valence electrons. The fourth-order valence-electron chi connectivity index (χ4n) is 1.94. The van der Waals surface area contributed by atoms with E-state index in [1.165, 1.54) is 12.1 Å². The minimum Gasteiger partial charge on any atom is -0.491 e. The molecular formula is C13H13F3O5. The molecule has 8 heteroatoms. The molecule has 1 saturated heterocycles. The highest BCUT2D eigenvalue weighted by molar-refractivity contribution is 5.72. The second kappa shape index (κ2) is 6.21. The molecule has 1 aromatic rings. The molecule has 1 aliphatic heterocycles. The molecule has 0 radical (unpaired) electrons. The summed E-state index contributed by atoms with van der Waals surface area (Å²) in [5.74, 6) is -0.990. The fraction of sp³-hybridized carbons (Fsp3) is 0.462. The van der Waals surface area contributed by atoms with Gasteiger partial charge in [-0.2, -0.15) is 0 Å². The molecule has 0 saturated carbocycles. The monoisotopic (exact) mass is 306 g/mol. The van der Waals surface area contributed by atoms with Crippen molar-refractivity contribution in [2.24, 2.45) is 0 Å². The second-order valence-corrected chi connectivity index (χ2v) is 4.49. The maximum atomic E-state index is 12.0. The highest BCUT2D eigenvalue weighted by atomic mass is 19.4. The number of hydrogen-bond donors (Lipinski definition) is 1. The van der Waals surface area contributed by atoms with Crippen LogP contribution in [-0.2, 0) is 9.53 Å². The van der Waals surface area contributed by atoms with E-state index in [9.17, 15) is 18.0 Å². The maximum absolute atomic E-state index is 12.0. The molecule has 0 aliphatic carbocycles. The normalized spacial score (nSPS) is 22.0. The number of carboxylic acids is 1. The van der Waals surface area contributed by atoms with Gasteiger partial charge in [0.15, 0.2) is 6.10 Å². The molecular weight excluding hydrogens is 293 g/mol. The number of carboxylic acid groups (broad SMARTS) is 1. The summed E-state index contributed by atoms with van der Waals surface area (Å²) < 4.78 is 50.2. The highest BCUT2D eigenvalue weighted by Crippen LogP contribution is 2.25. The number of carbonyl (C=O) groups is 1. The van der Waals surface area contributed by atoms with E-state index in [1.54, 1.807) is 0 Å². The van der Waals surface area contributed by atoms with E-state index < -0.39 is 18.4 Å². The van der Waals surface area contributed by atoms with E-state index in [-0.39, 0.29) is 18.5 Å². The van der Waals surface area contributed by atoms with E-state index in [0.29, 0.717) is 18.6 Å². The predicted molar refractivity (Wildman–Crippen MR) is 64.2 cm³/mol. The van der Waals surface area contributed by atoms with Crippen LogP contribution in [0.4, 0.5) is 13.2 Å². The molecule has 1 aromatic carbocycles. The van der Waals surface area contributed by atoms with E-state index in [2.05, 4.69) is 4.74 Å². The van der Waals surface area contributed by atoms with Gasteiger partial charge in [0.25, 0.3) is 0 Å². The van der Waals surface area contributed by atoms with Crippen molar-refractivity contribution in [3.05, 3.63) is 24.3 Å². The summed E-state index contributed by atoms with van der Waals surface area (Å²) >= 11 is 0. The third kappa shape index (κ3) is 4.82. The highest BCUT2D eigenvalue weighted by Gasteiger charge is 2.31. The number of rotatable bonds is 5. The molecule has 2 rings (SSSR count). The van der Waals surface area contributed by atoms with Crippen LogP contribution in [0.3, 0.4) is 0 Å². The van der Waals surface area contributed by atoms with Crippen LogP contribution in [-0.4, -0.2) is 36.3 Å². The van der Waals surface area contributed by atoms with Crippen LogP contribution < -0.4 is 9.47 Å². The number of hydrogen-bond acceptors (Lipinski definition) is 4. The Balaban J connectivity index is 1.80. The largest absolute Gasteiger partial charge is 0.573 e. The number of aliphatic carboxylic acids is 1. The van der Waals surface area contributed by atoms with Gasteiger partial charge in [0, 0.05) is 0 Å². The zero-order valence-electron chi connectivity index (χ0n) is 10.8. The minimum absolute atomic E-state index is 0.142. The predicted octanol–water partition coefficient (Wildman–Crippen LogP) is 2.60. The smallest absolute Gasteiger partial charge is 0.491 e. The first-order chi connectivity index (χ1) is 9.83. The first-order valence-corrected chi connectivity index (χ1v) is 6.20. The van der Waals surface area contributed by atoms with Gasteiger partial charge in [-0.3, -0.25) is 0 Å². The van der Waals surface area contributed by atoms with Crippen molar-refractivity contribution in [1.29, 1.82) is 0 Å². The second-order valence-electron chi connectivity index (χ2n) is 4.49. The van der Waals surface area contributed by atoms with Gasteiger partial charge >= 0.3 is 12.3 Å². The number of ether oxygens (including phenoxy) is 3. The van der Waals surface area contributed by atoms with Crippen LogP contribution in [0.2, 0.25) is 0 Å². The summed E-state index contributed by atoms with van der Waals surface area (Å²) in [6, 6.07) is 4.95. The van der Waals surface area contributed by atoms with Gasteiger partial charge in [0.1, 0.15) is 18.1 Å². The lowest BCUT2D eigenvalue weighted by Crippen LogP contribution is -2.23. The lowest BCUT2D eigenvalue weighted by molar-refractivity contribution is -0.274. The zero-order valence-corrected chi connectivity index (χ0v) is 10.8. The third-order valence-corrected chi connectivity index (χ3v) is 2.88. The molecule has 2 unspecified atom stereocenters. The van der Waals surface area contributed by atoms with E-state index in [4.69, 9.17) is 14.6 Å². The van der Waals surface area contributed by atoms with Crippen LogP contribution in [0.15, 0.2) is 24.3 Å². The summed E-state index contributed by atoms with van der Waals surface area (Å²) in [5, 5.41) is 8.77. The van der Waals surface area contributed by atoms with Crippen LogP contribution in [0.5, 0.6) is 11.5 Å². The van der Waals surface area contributed by atoms with Crippen molar-refractivity contribution in [2.75, 3.05) is 6.61 Å². The van der Waals surface area contributed by atoms with Crippen molar-refractivity contribution in [3.63, 3.8) is 0 Å². The van der Waals surface area contributed by atoms with Gasteiger partial charge in [-0.1, -0.05) is 0 Å². The molecule has 21 heavy (non-hydrogen) atoms. The molecule has 0 bridgehead atoms. The molecule has 1 heterocycles. The van der Waals surface area contributed by atoms with Gasteiger partial charge in [0.05, 0.1) is 6.10 Å². The maximum Gasteiger partial charge on any atom is 0.573 e. The van der Waals surface area contributed by atoms with Crippen LogP contribution >= 0.6 is 0 Å². The van der Waals surface area contributed by atoms with E-state index >= 15 is 0 Å². The lowest BCUT2D eigenvalue weighted by atomic mass is 10.2. The SMILES string of the molecule is O=C(O)C1CCC(COc2ccc(OC(F)(F)F)cc2)O1. The van der Waals surface area contributed by atoms with Gasteiger partial charge in [0.2, 0.25) is 0 Å². The summed E-state index contributed by atoms with van der Waals surface area (Å²) in [5.41, 5.74) is 0. The van der Waals surface area contributed by atoms with Crippen molar-refractivity contribution in [3.8, 4) is 11.5 Å². The average Bonchev–Trinajstić information content (AvgIpc) is 2.85. The molecule has 1 fully saturated rings. The first-order valence-electron chi connectivity index (χ1n) is 6.20. The summed E-state index contributed by atoms with van der Waals surface area (Å²) in [7, 11) is 0. The van der Waals surface area contributed by atoms with E-state index in [0.717, 1.165) is 12.1 Å². The molecule has 1 aliphatic rings. The molecule has 0 aromatic heterocycles. The van der Waals surface area contributed by atoms with Crippen molar-refractivity contribution in [2.45, 2.75) is 31.4 Å². The van der Waals surface area contributed by atoms with Crippen LogP contribution in [0.25, 0.3) is 0 Å². The standard InChI is InChI=1S/C13H13F3O5/c14-13(15,16)21-9-3-1-8(2-4-9)19-7-10-5-6-11(20-10)12(17)18/h1-4,10-11H,5-7H2,(H,17,18). The van der Waals surface area contributed by atoms with Gasteiger partial charge in [-0.15, -0.1) is 13.2 Å². The Hall–Kier alpha value is -1.96. The third-order valence-electron chi connectivity index (χ3n) is 2.88. The Morgan fingerprint density at radius 1 is 1.24 bits per heavy atom. The minimum atomic E-state index is -4.73. The lowest BCUT2D eigenvalue weighted by Gasteiger charge is -2.13. The van der Waals surface area contributed by atoms with Crippen LogP contribution in [0, 0.1) is 0 Å². The van der Waals surface area contributed by atoms with Gasteiger partial charge in [-0.25, -0.2) is 4.79 Å². The Morgan fingerprint density at radius 3 is 2.38 bits per heavy atom. The van der Waals surface area contributed by atoms with Gasteiger partial charge < -0.3 is 19.3 Å². The average molecular weight is 306 g/mol. The fourth-order valence-corrected chi connectivity index (χ4v) is 1.94. The summed E-state index contributed by atoms with van der Waals surface area (Å²) in [6.07, 6.45) is -4.90. The molecule has 0 spiro atoms. The Labute approximate surface area is 118 Å². The van der Waals surface area contributed by atoms with Crippen molar-refractivity contribution < 1.29 is 37.3 Å². The van der Waals surface area contributed by atoms with Crippen LogP contribution in [0.1, 0.15) is 12.8 Å². The quantitative estimate of drug-likeness (QED) is 0.906. The Kier molecular flexibility index (Phi) is 4.56. The molecule has 1 N–H and O–H groups in total. The topological polar surface area (TPSA) is 65.0 Å². The van der Waals surface area contributed by atoms with Crippen molar-refractivity contribution >= 4 is 5.97 Å². The van der Waals surface area contributed by atoms with E-state index in [1.807, 2.05) is 0 Å². The first kappa shape index (κ1) is 15.4. The molecule has 5 nitrogen and oxygen atoms in total. The number of alkyl halides is 3. The molecule has 0 amide bonds.